The van der Waals surface area contributed by atoms with Crippen molar-refractivity contribution < 1.29 is 24.5 Å². The first kappa shape index (κ1) is 15.7. The number of carbonyl (C=O) groups is 2. The summed E-state index contributed by atoms with van der Waals surface area (Å²) in [6.45, 7) is 5.17. The molecule has 0 fully saturated rings. The standard InChI is InChI=1S/C15H21NO5/c1-9(2)15(20,10(3)17)14(19)21-8-11-4-6-16-7-5-12(18)13(11)16/h4,6,9-10,17,20H,5,7-8H2,1-3H3/t10-,15-/m0/s1. The Morgan fingerprint density at radius 3 is 2.71 bits per heavy atom. The van der Waals surface area contributed by atoms with Crippen LogP contribution < -0.4 is 0 Å². The summed E-state index contributed by atoms with van der Waals surface area (Å²) in [6, 6.07) is 1.73. The van der Waals surface area contributed by atoms with E-state index in [4.69, 9.17) is 4.74 Å². The molecule has 116 valence electrons. The smallest absolute Gasteiger partial charge is 0.341 e. The molecule has 2 atom stereocenters. The number of rotatable bonds is 5. The quantitative estimate of drug-likeness (QED) is 0.787. The Balaban J connectivity index is 2.10. The van der Waals surface area contributed by atoms with E-state index in [9.17, 15) is 19.8 Å². The largest absolute Gasteiger partial charge is 0.459 e. The number of aryl methyl sites for hydroxylation is 1. The summed E-state index contributed by atoms with van der Waals surface area (Å²) in [5, 5.41) is 20.0. The van der Waals surface area contributed by atoms with E-state index >= 15 is 0 Å². The van der Waals surface area contributed by atoms with Gasteiger partial charge in [-0.05, 0) is 18.9 Å². The number of aromatic nitrogens is 1. The number of aliphatic hydroxyl groups is 2. The van der Waals surface area contributed by atoms with E-state index in [0.717, 1.165) is 0 Å². The molecular formula is C15H21NO5. The van der Waals surface area contributed by atoms with Crippen molar-refractivity contribution in [2.45, 2.75) is 52.0 Å². The SMILES string of the molecule is CC(C)[C@@](O)(C(=O)OCc1ccn2c1C(=O)CC2)[C@H](C)O. The molecule has 1 aromatic rings. The van der Waals surface area contributed by atoms with Gasteiger partial charge in [-0.3, -0.25) is 4.79 Å². The second-order valence-electron chi connectivity index (χ2n) is 5.79. The van der Waals surface area contributed by atoms with Crippen molar-refractivity contribution in [2.24, 2.45) is 5.92 Å². The summed E-state index contributed by atoms with van der Waals surface area (Å²) in [7, 11) is 0. The van der Waals surface area contributed by atoms with Gasteiger partial charge in [-0.25, -0.2) is 4.79 Å². The van der Waals surface area contributed by atoms with Gasteiger partial charge in [0.25, 0.3) is 0 Å². The number of esters is 1. The number of Topliss-reactive ketones (excluding diaryl/α,β-unsaturated/α-hetero) is 1. The van der Waals surface area contributed by atoms with Gasteiger partial charge < -0.3 is 19.5 Å². The van der Waals surface area contributed by atoms with Crippen molar-refractivity contribution in [1.29, 1.82) is 0 Å². The van der Waals surface area contributed by atoms with Crippen LogP contribution in [0.2, 0.25) is 0 Å². The van der Waals surface area contributed by atoms with Gasteiger partial charge >= 0.3 is 5.97 Å². The topological polar surface area (TPSA) is 88.8 Å². The summed E-state index contributed by atoms with van der Waals surface area (Å²) in [4.78, 5) is 23.9. The number of hydrogen-bond acceptors (Lipinski definition) is 5. The van der Waals surface area contributed by atoms with Gasteiger partial charge in [-0.15, -0.1) is 0 Å². The number of ether oxygens (including phenoxy) is 1. The minimum atomic E-state index is -1.95. The Morgan fingerprint density at radius 1 is 1.48 bits per heavy atom. The summed E-state index contributed by atoms with van der Waals surface area (Å²) < 4.78 is 6.96. The van der Waals surface area contributed by atoms with E-state index in [2.05, 4.69) is 0 Å². The molecule has 1 aromatic heterocycles. The molecule has 0 saturated carbocycles. The lowest BCUT2D eigenvalue weighted by molar-refractivity contribution is -0.186. The fourth-order valence-corrected chi connectivity index (χ4v) is 2.65. The van der Waals surface area contributed by atoms with Crippen molar-refractivity contribution in [3.05, 3.63) is 23.5 Å². The molecule has 1 aliphatic rings. The second kappa shape index (κ2) is 5.61. The van der Waals surface area contributed by atoms with Crippen LogP contribution in [0.25, 0.3) is 0 Å². The van der Waals surface area contributed by atoms with E-state index in [0.29, 0.717) is 24.2 Å². The van der Waals surface area contributed by atoms with Gasteiger partial charge in [0.15, 0.2) is 11.4 Å². The van der Waals surface area contributed by atoms with Crippen molar-refractivity contribution >= 4 is 11.8 Å². The number of fused-ring (bicyclic) bond motifs is 1. The van der Waals surface area contributed by atoms with Crippen LogP contribution >= 0.6 is 0 Å². The fourth-order valence-electron chi connectivity index (χ4n) is 2.65. The molecule has 0 bridgehead atoms. The first-order chi connectivity index (χ1) is 9.78. The average molecular weight is 295 g/mol. The van der Waals surface area contributed by atoms with E-state index in [1.54, 1.807) is 26.1 Å². The van der Waals surface area contributed by atoms with Crippen molar-refractivity contribution in [3.63, 3.8) is 0 Å². The lowest BCUT2D eigenvalue weighted by Crippen LogP contribution is -2.53. The monoisotopic (exact) mass is 295 g/mol. The van der Waals surface area contributed by atoms with Crippen LogP contribution in [-0.4, -0.2) is 38.2 Å². The predicted octanol–water partition coefficient (Wildman–Crippen LogP) is 0.886. The van der Waals surface area contributed by atoms with Crippen LogP contribution in [0.15, 0.2) is 12.3 Å². The molecular weight excluding hydrogens is 274 g/mol. The number of ketones is 1. The molecule has 0 radical (unpaired) electrons. The molecule has 2 heterocycles. The highest BCUT2D eigenvalue weighted by molar-refractivity contribution is 5.97. The van der Waals surface area contributed by atoms with E-state index < -0.39 is 23.6 Å². The zero-order valence-electron chi connectivity index (χ0n) is 12.5. The van der Waals surface area contributed by atoms with Gasteiger partial charge in [-0.2, -0.15) is 0 Å². The maximum Gasteiger partial charge on any atom is 0.341 e. The molecule has 0 amide bonds. The highest BCUT2D eigenvalue weighted by Gasteiger charge is 2.45. The minimum Gasteiger partial charge on any atom is -0.459 e. The van der Waals surface area contributed by atoms with Crippen molar-refractivity contribution in [3.8, 4) is 0 Å². The van der Waals surface area contributed by atoms with Crippen LogP contribution in [0.4, 0.5) is 0 Å². The van der Waals surface area contributed by atoms with Crippen LogP contribution in [0.1, 0.15) is 43.2 Å². The number of nitrogens with zero attached hydrogens (tertiary/aromatic N) is 1. The Labute approximate surface area is 123 Å². The highest BCUT2D eigenvalue weighted by Crippen LogP contribution is 2.25. The maximum atomic E-state index is 12.1. The Hall–Kier alpha value is -1.66. The number of aliphatic hydroxyl groups excluding tert-OH is 1. The van der Waals surface area contributed by atoms with E-state index in [1.807, 2.05) is 4.57 Å². The predicted molar refractivity (Wildman–Crippen MR) is 74.6 cm³/mol. The molecule has 6 heteroatoms. The van der Waals surface area contributed by atoms with Gasteiger partial charge in [0.1, 0.15) is 6.61 Å². The Kier molecular flexibility index (Phi) is 4.20. The molecule has 2 N–H and O–H groups in total. The molecule has 0 spiro atoms. The zero-order chi connectivity index (χ0) is 15.8. The Bertz CT molecular complexity index is 550. The summed E-state index contributed by atoms with van der Waals surface area (Å²) in [6.07, 6.45) is 0.999. The normalized spacial score (nSPS) is 18.5. The molecule has 6 nitrogen and oxygen atoms in total. The maximum absolute atomic E-state index is 12.1. The van der Waals surface area contributed by atoms with Crippen LogP contribution in [0.5, 0.6) is 0 Å². The van der Waals surface area contributed by atoms with Gasteiger partial charge in [0, 0.05) is 24.7 Å². The lowest BCUT2D eigenvalue weighted by atomic mass is 9.85. The first-order valence-corrected chi connectivity index (χ1v) is 7.07. The van der Waals surface area contributed by atoms with Crippen LogP contribution in [0.3, 0.4) is 0 Å². The lowest BCUT2D eigenvalue weighted by Gasteiger charge is -2.32. The van der Waals surface area contributed by atoms with Crippen LogP contribution in [-0.2, 0) is 22.7 Å². The first-order valence-electron chi connectivity index (χ1n) is 7.07. The van der Waals surface area contributed by atoms with Crippen molar-refractivity contribution in [2.75, 3.05) is 0 Å². The second-order valence-corrected chi connectivity index (χ2v) is 5.79. The third kappa shape index (κ3) is 2.61. The highest BCUT2D eigenvalue weighted by atomic mass is 16.6. The van der Waals surface area contributed by atoms with Crippen LogP contribution in [0, 0.1) is 5.92 Å². The molecule has 0 aromatic carbocycles. The van der Waals surface area contributed by atoms with Gasteiger partial charge in [0.05, 0.1) is 11.8 Å². The van der Waals surface area contributed by atoms with E-state index in [-0.39, 0.29) is 12.4 Å². The van der Waals surface area contributed by atoms with Crippen molar-refractivity contribution in [1.82, 2.24) is 4.57 Å². The van der Waals surface area contributed by atoms with Gasteiger partial charge in [0.2, 0.25) is 0 Å². The number of hydrogen-bond donors (Lipinski definition) is 2. The summed E-state index contributed by atoms with van der Waals surface area (Å²) >= 11 is 0. The molecule has 0 unspecified atom stereocenters. The molecule has 2 rings (SSSR count). The summed E-state index contributed by atoms with van der Waals surface area (Å²) in [5.74, 6) is -1.34. The fraction of sp³-hybridized carbons (Fsp3) is 0.600. The molecule has 0 aliphatic carbocycles. The molecule has 0 saturated heterocycles. The Morgan fingerprint density at radius 2 is 2.14 bits per heavy atom. The minimum absolute atomic E-state index is 0.0284. The molecule has 21 heavy (non-hydrogen) atoms. The van der Waals surface area contributed by atoms with E-state index in [1.165, 1.54) is 6.92 Å². The number of carbonyl (C=O) groups excluding carboxylic acids is 2. The summed E-state index contributed by atoms with van der Waals surface area (Å²) in [5.41, 5.74) is -0.761. The van der Waals surface area contributed by atoms with Gasteiger partial charge in [-0.1, -0.05) is 13.8 Å². The molecule has 1 aliphatic heterocycles. The third-order valence-corrected chi connectivity index (χ3v) is 4.09. The third-order valence-electron chi connectivity index (χ3n) is 4.09. The average Bonchev–Trinajstić information content (AvgIpc) is 2.98. The zero-order valence-corrected chi connectivity index (χ0v) is 12.5.